The predicted molar refractivity (Wildman–Crippen MR) is 135 cm³/mol. The second kappa shape index (κ2) is 8.55. The van der Waals surface area contributed by atoms with Crippen LogP contribution in [0.2, 0.25) is 0 Å². The minimum absolute atomic E-state index is 0.111. The van der Waals surface area contributed by atoms with Gasteiger partial charge < -0.3 is 0 Å². The summed E-state index contributed by atoms with van der Waals surface area (Å²) in [5.74, 6) is -0.690. The third-order valence-electron chi connectivity index (χ3n) is 6.22. The Labute approximate surface area is 201 Å². The number of nitrogens with zero attached hydrogens (tertiary/aromatic N) is 2. The molecule has 1 amide bonds. The Bertz CT molecular complexity index is 1400. The summed E-state index contributed by atoms with van der Waals surface area (Å²) in [5.41, 5.74) is 6.66. The van der Waals surface area contributed by atoms with Crippen LogP contribution in [0, 0.1) is 20.8 Å². The van der Waals surface area contributed by atoms with E-state index in [1.165, 1.54) is 11.6 Å². The molecule has 4 rings (SSSR count). The summed E-state index contributed by atoms with van der Waals surface area (Å²) in [6.07, 6.45) is 4.39. The molecule has 0 unspecified atom stereocenters. The number of aryl methyl sites for hydroxylation is 3. The lowest BCUT2D eigenvalue weighted by molar-refractivity contribution is 0.0971. The molecule has 3 aromatic rings. The maximum atomic E-state index is 13.3. The van der Waals surface area contributed by atoms with Crippen LogP contribution in [0.3, 0.4) is 0 Å². The van der Waals surface area contributed by atoms with E-state index in [0.29, 0.717) is 18.5 Å². The lowest BCUT2D eigenvalue weighted by atomic mass is 9.92. The Kier molecular flexibility index (Phi) is 6.02. The molecule has 34 heavy (non-hydrogen) atoms. The number of nitrogens with one attached hydrogen (secondary N) is 1. The van der Waals surface area contributed by atoms with Gasteiger partial charge in [0.1, 0.15) is 5.69 Å². The van der Waals surface area contributed by atoms with Crippen molar-refractivity contribution in [2.75, 3.05) is 0 Å². The minimum Gasteiger partial charge on any atom is -0.266 e. The van der Waals surface area contributed by atoms with E-state index < -0.39 is 15.9 Å². The SMILES string of the molecule is Cc1cc(C)c(Cn2nc(C(C)(C)C)cc2C(=O)NS(=O)(=O)c2cccc3c2C=CC3)c(C)c1. The van der Waals surface area contributed by atoms with Crippen LogP contribution in [0.15, 0.2) is 47.4 Å². The summed E-state index contributed by atoms with van der Waals surface area (Å²) in [6.45, 7) is 12.5. The second-order valence-corrected chi connectivity index (χ2v) is 11.7. The molecule has 6 nitrogen and oxygen atoms in total. The summed E-state index contributed by atoms with van der Waals surface area (Å²) in [5, 5.41) is 4.71. The highest BCUT2D eigenvalue weighted by Crippen LogP contribution is 2.28. The van der Waals surface area contributed by atoms with Crippen LogP contribution >= 0.6 is 0 Å². The van der Waals surface area contributed by atoms with Crippen LogP contribution in [0.5, 0.6) is 0 Å². The normalized spacial score (nSPS) is 13.2. The first kappa shape index (κ1) is 24.0. The number of rotatable bonds is 5. The van der Waals surface area contributed by atoms with Crippen LogP contribution in [-0.4, -0.2) is 24.1 Å². The maximum Gasteiger partial charge on any atom is 0.283 e. The molecule has 0 radical (unpaired) electrons. The molecule has 1 N–H and O–H groups in total. The summed E-state index contributed by atoms with van der Waals surface area (Å²) in [6, 6.07) is 11.0. The number of benzene rings is 2. The van der Waals surface area contributed by atoms with Crippen molar-refractivity contribution in [3.05, 3.63) is 87.2 Å². The number of amides is 1. The summed E-state index contributed by atoms with van der Waals surface area (Å²) in [7, 11) is -4.06. The Hall–Kier alpha value is -3.19. The zero-order chi connectivity index (χ0) is 24.8. The summed E-state index contributed by atoms with van der Waals surface area (Å²) < 4.78 is 30.3. The highest BCUT2D eigenvalue weighted by Gasteiger charge is 2.28. The second-order valence-electron chi connectivity index (χ2n) is 10.1. The maximum absolute atomic E-state index is 13.3. The van der Waals surface area contributed by atoms with Crippen LogP contribution in [0.1, 0.15) is 70.3 Å². The van der Waals surface area contributed by atoms with Crippen molar-refractivity contribution in [3.8, 4) is 0 Å². The molecule has 0 saturated heterocycles. The number of carbonyl (C=O) groups is 1. The van der Waals surface area contributed by atoms with Crippen molar-refractivity contribution < 1.29 is 13.2 Å². The standard InChI is InChI=1S/C27H31N3O3S/c1-17-13-18(2)22(19(3)14-17)16-30-23(15-25(28-30)27(4,5)6)26(31)29-34(32,33)24-12-8-10-20-9-7-11-21(20)24/h7-8,10-15H,9,16H2,1-6H3,(H,29,31). The topological polar surface area (TPSA) is 81.1 Å². The quantitative estimate of drug-likeness (QED) is 0.570. The molecule has 0 spiro atoms. The molecular formula is C27H31N3O3S. The average Bonchev–Trinajstić information content (AvgIpc) is 3.36. The molecule has 1 aliphatic carbocycles. The lowest BCUT2D eigenvalue weighted by Crippen LogP contribution is -2.33. The molecule has 2 aromatic carbocycles. The fourth-order valence-electron chi connectivity index (χ4n) is 4.42. The molecule has 1 aromatic heterocycles. The first-order valence-corrected chi connectivity index (χ1v) is 12.9. The number of sulfonamides is 1. The molecule has 7 heteroatoms. The van der Waals surface area contributed by atoms with Crippen LogP contribution < -0.4 is 4.72 Å². The van der Waals surface area contributed by atoms with Crippen molar-refractivity contribution >= 4 is 22.0 Å². The van der Waals surface area contributed by atoms with E-state index in [1.807, 2.05) is 46.8 Å². The molecule has 1 aliphatic rings. The van der Waals surface area contributed by atoms with E-state index in [9.17, 15) is 13.2 Å². The van der Waals surface area contributed by atoms with Crippen LogP contribution in [0.4, 0.5) is 0 Å². The van der Waals surface area contributed by atoms with E-state index >= 15 is 0 Å². The first-order valence-electron chi connectivity index (χ1n) is 11.4. The number of aromatic nitrogens is 2. The molecular weight excluding hydrogens is 446 g/mol. The van der Waals surface area contributed by atoms with Crippen molar-refractivity contribution in [2.45, 2.75) is 64.8 Å². The third-order valence-corrected chi connectivity index (χ3v) is 7.61. The average molecular weight is 478 g/mol. The van der Waals surface area contributed by atoms with Crippen molar-refractivity contribution in [3.63, 3.8) is 0 Å². The largest absolute Gasteiger partial charge is 0.283 e. The van der Waals surface area contributed by atoms with E-state index in [0.717, 1.165) is 27.9 Å². The van der Waals surface area contributed by atoms with E-state index in [2.05, 4.69) is 23.8 Å². The summed E-state index contributed by atoms with van der Waals surface area (Å²) in [4.78, 5) is 13.5. The van der Waals surface area contributed by atoms with E-state index in [1.54, 1.807) is 22.9 Å². The van der Waals surface area contributed by atoms with Gasteiger partial charge in [-0.05, 0) is 67.1 Å². The fourth-order valence-corrected chi connectivity index (χ4v) is 5.62. The number of carbonyl (C=O) groups excluding carboxylic acids is 1. The Morgan fingerprint density at radius 3 is 2.41 bits per heavy atom. The van der Waals surface area contributed by atoms with Gasteiger partial charge in [0.25, 0.3) is 15.9 Å². The fraction of sp³-hybridized carbons (Fsp3) is 0.333. The number of allylic oxidation sites excluding steroid dienone is 1. The van der Waals surface area contributed by atoms with Gasteiger partial charge >= 0.3 is 0 Å². The van der Waals surface area contributed by atoms with Crippen LogP contribution in [0.25, 0.3) is 6.08 Å². The summed E-state index contributed by atoms with van der Waals surface area (Å²) >= 11 is 0. The Morgan fingerprint density at radius 1 is 1.09 bits per heavy atom. The lowest BCUT2D eigenvalue weighted by Gasteiger charge is -2.15. The van der Waals surface area contributed by atoms with Gasteiger partial charge in [0, 0.05) is 5.41 Å². The number of hydrogen-bond donors (Lipinski definition) is 1. The van der Waals surface area contributed by atoms with E-state index in [4.69, 9.17) is 5.10 Å². The zero-order valence-corrected chi connectivity index (χ0v) is 21.4. The van der Waals surface area contributed by atoms with Crippen LogP contribution in [-0.2, 0) is 28.4 Å². The van der Waals surface area contributed by atoms with Crippen molar-refractivity contribution in [1.29, 1.82) is 0 Å². The Balaban J connectivity index is 1.73. The zero-order valence-electron chi connectivity index (χ0n) is 20.6. The monoisotopic (exact) mass is 477 g/mol. The van der Waals surface area contributed by atoms with Crippen molar-refractivity contribution in [1.82, 2.24) is 14.5 Å². The van der Waals surface area contributed by atoms with Gasteiger partial charge in [-0.15, -0.1) is 0 Å². The predicted octanol–water partition coefficient (Wildman–Crippen LogP) is 4.84. The van der Waals surface area contributed by atoms with Gasteiger partial charge in [0.05, 0.1) is 17.1 Å². The molecule has 178 valence electrons. The first-order chi connectivity index (χ1) is 15.9. The van der Waals surface area contributed by atoms with Gasteiger partial charge in [0.2, 0.25) is 0 Å². The van der Waals surface area contributed by atoms with Gasteiger partial charge in [0.15, 0.2) is 0 Å². The number of hydrogen-bond acceptors (Lipinski definition) is 4. The van der Waals surface area contributed by atoms with Gasteiger partial charge in [-0.25, -0.2) is 13.1 Å². The highest BCUT2D eigenvalue weighted by atomic mass is 32.2. The van der Waals surface area contributed by atoms with Gasteiger partial charge in [-0.3, -0.25) is 9.48 Å². The Morgan fingerprint density at radius 2 is 1.76 bits per heavy atom. The molecule has 0 bridgehead atoms. The number of fused-ring (bicyclic) bond motifs is 1. The van der Waals surface area contributed by atoms with Gasteiger partial charge in [-0.1, -0.05) is 62.8 Å². The van der Waals surface area contributed by atoms with E-state index in [-0.39, 0.29) is 16.0 Å². The smallest absolute Gasteiger partial charge is 0.266 e. The molecule has 0 atom stereocenters. The minimum atomic E-state index is -4.06. The molecule has 0 aliphatic heterocycles. The van der Waals surface area contributed by atoms with Crippen molar-refractivity contribution in [2.24, 2.45) is 0 Å². The van der Waals surface area contributed by atoms with Gasteiger partial charge in [-0.2, -0.15) is 5.10 Å². The third kappa shape index (κ3) is 4.57. The molecule has 0 saturated carbocycles. The molecule has 0 fully saturated rings. The molecule has 1 heterocycles. The highest BCUT2D eigenvalue weighted by molar-refractivity contribution is 7.90.